The fourth-order valence-corrected chi connectivity index (χ4v) is 3.11. The Morgan fingerprint density at radius 1 is 1.17 bits per heavy atom. The van der Waals surface area contributed by atoms with Crippen molar-refractivity contribution in [3.63, 3.8) is 0 Å². The Balaban J connectivity index is 2.24. The maximum absolute atomic E-state index is 12.3. The van der Waals surface area contributed by atoms with E-state index in [1.54, 1.807) is 0 Å². The van der Waals surface area contributed by atoms with Crippen LogP contribution in [-0.2, 0) is 16.0 Å². The number of hydrogen-bond donors (Lipinski definition) is 0. The van der Waals surface area contributed by atoms with Crippen LogP contribution < -0.4 is 4.90 Å². The molecular formula is C20H18N2O2. The van der Waals surface area contributed by atoms with E-state index < -0.39 is 5.97 Å². The third kappa shape index (κ3) is 2.89. The van der Waals surface area contributed by atoms with Crippen LogP contribution in [0.3, 0.4) is 0 Å². The van der Waals surface area contributed by atoms with Crippen molar-refractivity contribution in [2.75, 3.05) is 18.6 Å². The summed E-state index contributed by atoms with van der Waals surface area (Å²) in [5, 5.41) is 9.21. The smallest absolute Gasteiger partial charge is 0.336 e. The van der Waals surface area contributed by atoms with Gasteiger partial charge in [-0.2, -0.15) is 5.26 Å². The third-order valence-corrected chi connectivity index (χ3v) is 4.19. The number of fused-ring (bicyclic) bond motifs is 1. The van der Waals surface area contributed by atoms with E-state index in [9.17, 15) is 10.1 Å². The fraction of sp³-hybridized carbons (Fsp3) is 0.200. The highest BCUT2D eigenvalue weighted by atomic mass is 16.5. The van der Waals surface area contributed by atoms with E-state index in [1.165, 1.54) is 12.7 Å². The Bertz CT molecular complexity index is 819. The van der Waals surface area contributed by atoms with Crippen molar-refractivity contribution in [2.24, 2.45) is 0 Å². The Kier molecular flexibility index (Phi) is 4.62. The predicted octanol–water partition coefficient (Wildman–Crippen LogP) is 3.55. The molecule has 1 aliphatic heterocycles. The first-order valence-electron chi connectivity index (χ1n) is 7.85. The molecule has 1 aliphatic rings. The molecule has 2 aromatic rings. The Morgan fingerprint density at radius 2 is 1.88 bits per heavy atom. The normalized spacial score (nSPS) is 15.2. The summed E-state index contributed by atoms with van der Waals surface area (Å²) in [6.07, 6.45) is 0.898. The molecule has 0 atom stereocenters. The van der Waals surface area contributed by atoms with Gasteiger partial charge in [-0.15, -0.1) is 0 Å². The van der Waals surface area contributed by atoms with Crippen LogP contribution >= 0.6 is 0 Å². The number of nitrogens with zero attached hydrogens (tertiary/aromatic N) is 2. The number of esters is 1. The molecule has 0 spiro atoms. The van der Waals surface area contributed by atoms with E-state index in [2.05, 4.69) is 17.0 Å². The van der Waals surface area contributed by atoms with Gasteiger partial charge >= 0.3 is 5.97 Å². The second kappa shape index (κ2) is 7.01. The lowest BCUT2D eigenvalue weighted by molar-refractivity contribution is -0.136. The van der Waals surface area contributed by atoms with Crippen LogP contribution in [0, 0.1) is 11.3 Å². The van der Waals surface area contributed by atoms with Gasteiger partial charge in [0.1, 0.15) is 0 Å². The standard InChI is InChI=1S/C20H18N2O2/c1-24-20(23)18(11-13-21)19-17-10-6-5-7-15(17)12-14-22(19)16-8-3-2-4-9-16/h2-10H,11-12,14H2,1H3/b19-18+. The monoisotopic (exact) mass is 318 g/mol. The van der Waals surface area contributed by atoms with Crippen LogP contribution in [0.2, 0.25) is 0 Å². The summed E-state index contributed by atoms with van der Waals surface area (Å²) in [7, 11) is 1.35. The SMILES string of the molecule is COC(=O)/C(CC#N)=C1\c2ccccc2CCN1c1ccccc1. The molecule has 0 aromatic heterocycles. The Hall–Kier alpha value is -3.06. The van der Waals surface area contributed by atoms with E-state index in [0.29, 0.717) is 5.57 Å². The Labute approximate surface area is 141 Å². The van der Waals surface area contributed by atoms with Gasteiger partial charge in [0.15, 0.2) is 0 Å². The van der Waals surface area contributed by atoms with E-state index >= 15 is 0 Å². The van der Waals surface area contributed by atoms with Crippen molar-refractivity contribution in [3.8, 4) is 6.07 Å². The second-order valence-corrected chi connectivity index (χ2v) is 5.55. The predicted molar refractivity (Wildman–Crippen MR) is 93.1 cm³/mol. The van der Waals surface area contributed by atoms with Crippen LogP contribution in [-0.4, -0.2) is 19.6 Å². The number of anilines is 1. The van der Waals surface area contributed by atoms with Gasteiger partial charge in [-0.1, -0.05) is 42.5 Å². The van der Waals surface area contributed by atoms with Gasteiger partial charge in [0.2, 0.25) is 0 Å². The maximum Gasteiger partial charge on any atom is 0.336 e. The molecule has 2 aromatic carbocycles. The lowest BCUT2D eigenvalue weighted by Gasteiger charge is -2.34. The van der Waals surface area contributed by atoms with Gasteiger partial charge in [-0.3, -0.25) is 0 Å². The molecule has 0 aliphatic carbocycles. The number of carbonyl (C=O) groups excluding carboxylic acids is 1. The molecule has 120 valence electrons. The summed E-state index contributed by atoms with van der Waals surface area (Å²) >= 11 is 0. The molecule has 4 heteroatoms. The molecule has 0 radical (unpaired) electrons. The van der Waals surface area contributed by atoms with Crippen LogP contribution in [0.4, 0.5) is 5.69 Å². The summed E-state index contributed by atoms with van der Waals surface area (Å²) in [6, 6.07) is 20.0. The van der Waals surface area contributed by atoms with Crippen molar-refractivity contribution in [2.45, 2.75) is 12.8 Å². The van der Waals surface area contributed by atoms with Gasteiger partial charge in [-0.05, 0) is 24.1 Å². The van der Waals surface area contributed by atoms with Crippen LogP contribution in [0.15, 0.2) is 60.2 Å². The molecule has 4 nitrogen and oxygen atoms in total. The molecule has 0 saturated carbocycles. The minimum Gasteiger partial charge on any atom is -0.466 e. The van der Waals surface area contributed by atoms with Crippen molar-refractivity contribution in [1.29, 1.82) is 5.26 Å². The molecule has 0 N–H and O–H groups in total. The number of carbonyl (C=O) groups is 1. The molecule has 0 amide bonds. The quantitative estimate of drug-likeness (QED) is 0.641. The number of nitriles is 1. The number of rotatable bonds is 3. The first kappa shape index (κ1) is 15.8. The van der Waals surface area contributed by atoms with Gasteiger partial charge in [0, 0.05) is 17.8 Å². The zero-order valence-electron chi connectivity index (χ0n) is 13.5. The molecule has 1 heterocycles. The third-order valence-electron chi connectivity index (χ3n) is 4.19. The number of hydrogen-bond acceptors (Lipinski definition) is 4. The summed E-state index contributed by atoms with van der Waals surface area (Å²) in [4.78, 5) is 14.4. The van der Waals surface area contributed by atoms with Crippen LogP contribution in [0.5, 0.6) is 0 Å². The highest BCUT2D eigenvalue weighted by Crippen LogP contribution is 2.36. The zero-order chi connectivity index (χ0) is 16.9. The minimum absolute atomic E-state index is 0.0136. The summed E-state index contributed by atoms with van der Waals surface area (Å²) in [5.74, 6) is -0.454. The van der Waals surface area contributed by atoms with Crippen molar-refractivity contribution in [1.82, 2.24) is 0 Å². The summed E-state index contributed by atoms with van der Waals surface area (Å²) < 4.78 is 4.94. The molecule has 24 heavy (non-hydrogen) atoms. The van der Waals surface area contributed by atoms with Crippen molar-refractivity contribution < 1.29 is 9.53 Å². The number of para-hydroxylation sites is 1. The average Bonchev–Trinajstić information content (AvgIpc) is 2.65. The summed E-state index contributed by atoms with van der Waals surface area (Å²) in [6.45, 7) is 0.752. The highest BCUT2D eigenvalue weighted by Gasteiger charge is 2.28. The number of ether oxygens (including phenoxy) is 1. The summed E-state index contributed by atoms with van der Waals surface area (Å²) in [5.41, 5.74) is 4.34. The van der Waals surface area contributed by atoms with Gasteiger partial charge in [0.25, 0.3) is 0 Å². The van der Waals surface area contributed by atoms with E-state index in [1.807, 2.05) is 48.5 Å². The Morgan fingerprint density at radius 3 is 2.58 bits per heavy atom. The van der Waals surface area contributed by atoms with Crippen molar-refractivity contribution in [3.05, 3.63) is 71.3 Å². The van der Waals surface area contributed by atoms with E-state index in [-0.39, 0.29) is 6.42 Å². The number of benzene rings is 2. The maximum atomic E-state index is 12.3. The van der Waals surface area contributed by atoms with Gasteiger partial charge < -0.3 is 9.64 Å². The second-order valence-electron chi connectivity index (χ2n) is 5.55. The molecule has 0 fully saturated rings. The molecule has 0 bridgehead atoms. The topological polar surface area (TPSA) is 53.3 Å². The zero-order valence-corrected chi connectivity index (χ0v) is 13.5. The minimum atomic E-state index is -0.454. The largest absolute Gasteiger partial charge is 0.466 e. The van der Waals surface area contributed by atoms with E-state index in [0.717, 1.165) is 29.9 Å². The fourth-order valence-electron chi connectivity index (χ4n) is 3.11. The number of methoxy groups -OCH3 is 1. The lowest BCUT2D eigenvalue weighted by Crippen LogP contribution is -2.31. The van der Waals surface area contributed by atoms with Gasteiger partial charge in [-0.25, -0.2) is 4.79 Å². The van der Waals surface area contributed by atoms with Crippen molar-refractivity contribution >= 4 is 17.4 Å². The lowest BCUT2D eigenvalue weighted by atomic mass is 9.92. The van der Waals surface area contributed by atoms with Crippen LogP contribution in [0.1, 0.15) is 17.5 Å². The molecule has 0 unspecified atom stereocenters. The van der Waals surface area contributed by atoms with E-state index in [4.69, 9.17) is 4.74 Å². The average molecular weight is 318 g/mol. The highest BCUT2D eigenvalue weighted by molar-refractivity contribution is 6.02. The molecule has 3 rings (SSSR count). The van der Waals surface area contributed by atoms with Crippen LogP contribution in [0.25, 0.3) is 5.70 Å². The molecule has 0 saturated heterocycles. The van der Waals surface area contributed by atoms with Gasteiger partial charge in [0.05, 0.1) is 30.9 Å². The first-order chi connectivity index (χ1) is 11.8. The first-order valence-corrected chi connectivity index (χ1v) is 7.85. The molecular weight excluding hydrogens is 300 g/mol.